The second-order valence-corrected chi connectivity index (χ2v) is 5.59. The van der Waals surface area contributed by atoms with E-state index in [4.69, 9.17) is 24.4 Å². The molecule has 0 amide bonds. The molecule has 0 radical (unpaired) electrons. The standard InChI is InChI=1S/C16H32N6O6/c1-4-7-26-16(27-8-5-2,28-9-6-3)22(12-25)15-20-13(17-10-23)19-14(21-15)18-11-24/h23-25H,4-12H2,1-3H3,(H2,17,18,19,20,21). The van der Waals surface area contributed by atoms with Crippen LogP contribution in [0.1, 0.15) is 40.0 Å². The molecular formula is C16H32N6O6. The van der Waals surface area contributed by atoms with Crippen molar-refractivity contribution < 1.29 is 29.5 Å². The first-order chi connectivity index (χ1) is 13.6. The van der Waals surface area contributed by atoms with Gasteiger partial charge in [-0.2, -0.15) is 15.0 Å². The van der Waals surface area contributed by atoms with Gasteiger partial charge in [-0.05, 0) is 19.3 Å². The number of aliphatic hydroxyl groups is 3. The van der Waals surface area contributed by atoms with Gasteiger partial charge in [0.1, 0.15) is 20.2 Å². The number of rotatable bonds is 16. The Labute approximate surface area is 164 Å². The van der Waals surface area contributed by atoms with Crippen LogP contribution < -0.4 is 15.5 Å². The molecule has 0 saturated carbocycles. The maximum atomic E-state index is 10.1. The van der Waals surface area contributed by atoms with Crippen LogP contribution in [0.5, 0.6) is 0 Å². The fourth-order valence-electron chi connectivity index (χ4n) is 2.11. The van der Waals surface area contributed by atoms with Crippen LogP contribution in [-0.2, 0) is 14.2 Å². The normalized spacial score (nSPS) is 11.5. The monoisotopic (exact) mass is 404 g/mol. The van der Waals surface area contributed by atoms with Gasteiger partial charge in [0.25, 0.3) is 0 Å². The van der Waals surface area contributed by atoms with Crippen molar-refractivity contribution in [3.63, 3.8) is 0 Å². The first-order valence-electron chi connectivity index (χ1n) is 9.36. The summed E-state index contributed by atoms with van der Waals surface area (Å²) in [7, 11) is 0. The molecule has 0 atom stereocenters. The second-order valence-electron chi connectivity index (χ2n) is 5.59. The zero-order valence-electron chi connectivity index (χ0n) is 16.7. The molecule has 1 aromatic heterocycles. The molecule has 162 valence electrons. The van der Waals surface area contributed by atoms with Gasteiger partial charge in [0.15, 0.2) is 0 Å². The van der Waals surface area contributed by atoms with Gasteiger partial charge in [-0.25, -0.2) is 4.90 Å². The predicted octanol–water partition coefficient (Wildman–Crippen LogP) is 0.242. The lowest BCUT2D eigenvalue weighted by Gasteiger charge is -2.40. The van der Waals surface area contributed by atoms with Gasteiger partial charge in [-0.15, -0.1) is 0 Å². The minimum Gasteiger partial charge on any atom is -0.376 e. The number of aromatic nitrogens is 3. The maximum Gasteiger partial charge on any atom is 0.381 e. The van der Waals surface area contributed by atoms with Crippen LogP contribution in [0.3, 0.4) is 0 Å². The van der Waals surface area contributed by atoms with Crippen LogP contribution in [0, 0.1) is 0 Å². The van der Waals surface area contributed by atoms with Gasteiger partial charge in [0.05, 0.1) is 19.8 Å². The molecule has 0 fully saturated rings. The minimum atomic E-state index is -1.74. The average Bonchev–Trinajstić information content (AvgIpc) is 2.69. The fourth-order valence-corrected chi connectivity index (χ4v) is 2.11. The Morgan fingerprint density at radius 1 is 0.786 bits per heavy atom. The number of hydrogen-bond donors (Lipinski definition) is 5. The highest BCUT2D eigenvalue weighted by atomic mass is 16.9. The van der Waals surface area contributed by atoms with E-state index in [2.05, 4.69) is 25.6 Å². The molecule has 0 bridgehead atoms. The molecule has 12 nitrogen and oxygen atoms in total. The van der Waals surface area contributed by atoms with E-state index < -0.39 is 26.3 Å². The number of anilines is 3. The van der Waals surface area contributed by atoms with E-state index in [9.17, 15) is 5.11 Å². The van der Waals surface area contributed by atoms with Crippen LogP contribution in [0.4, 0.5) is 17.8 Å². The van der Waals surface area contributed by atoms with Crippen molar-refractivity contribution >= 4 is 17.8 Å². The highest BCUT2D eigenvalue weighted by molar-refractivity contribution is 5.44. The van der Waals surface area contributed by atoms with Crippen LogP contribution in [-0.4, -0.2) is 76.4 Å². The molecule has 0 aliphatic rings. The Morgan fingerprint density at radius 3 is 1.54 bits per heavy atom. The summed E-state index contributed by atoms with van der Waals surface area (Å²) in [5, 5.41) is 33.4. The number of nitrogens with zero attached hydrogens (tertiary/aromatic N) is 4. The Hall–Kier alpha value is -1.83. The van der Waals surface area contributed by atoms with Crippen molar-refractivity contribution in [3.8, 4) is 0 Å². The summed E-state index contributed by atoms with van der Waals surface area (Å²) in [6, 6.07) is 0. The van der Waals surface area contributed by atoms with E-state index in [1.165, 1.54) is 4.90 Å². The van der Waals surface area contributed by atoms with E-state index in [-0.39, 0.29) is 17.8 Å². The molecule has 0 spiro atoms. The summed E-state index contributed by atoms with van der Waals surface area (Å²) in [6.45, 7) is 5.29. The van der Waals surface area contributed by atoms with Crippen molar-refractivity contribution in [3.05, 3.63) is 0 Å². The topological polar surface area (TPSA) is 154 Å². The smallest absolute Gasteiger partial charge is 0.376 e. The van der Waals surface area contributed by atoms with E-state index in [1.54, 1.807) is 0 Å². The summed E-state index contributed by atoms with van der Waals surface area (Å²) in [5.41, 5.74) is 0. The van der Waals surface area contributed by atoms with Gasteiger partial charge in [-0.1, -0.05) is 20.8 Å². The SMILES string of the molecule is CCCOC(OCCC)(OCCC)N(CO)c1nc(NCO)nc(NCO)n1. The summed E-state index contributed by atoms with van der Waals surface area (Å²) in [5.74, 6) is 0.0160. The van der Waals surface area contributed by atoms with E-state index >= 15 is 0 Å². The molecule has 28 heavy (non-hydrogen) atoms. The van der Waals surface area contributed by atoms with E-state index in [0.29, 0.717) is 39.1 Å². The summed E-state index contributed by atoms with van der Waals surface area (Å²) < 4.78 is 17.6. The van der Waals surface area contributed by atoms with Crippen LogP contribution >= 0.6 is 0 Å². The molecule has 0 saturated heterocycles. The number of ether oxygens (including phenoxy) is 3. The molecule has 5 N–H and O–H groups in total. The van der Waals surface area contributed by atoms with Crippen molar-refractivity contribution in [1.82, 2.24) is 15.0 Å². The first kappa shape index (κ1) is 24.2. The van der Waals surface area contributed by atoms with Gasteiger partial charge in [-0.3, -0.25) is 0 Å². The van der Waals surface area contributed by atoms with Gasteiger partial charge in [0.2, 0.25) is 17.8 Å². The van der Waals surface area contributed by atoms with E-state index in [0.717, 1.165) is 0 Å². The Bertz CT molecular complexity index is 506. The lowest BCUT2D eigenvalue weighted by atomic mass is 10.5. The molecule has 0 aromatic carbocycles. The molecule has 0 aliphatic carbocycles. The fraction of sp³-hybridized carbons (Fsp3) is 0.812. The van der Waals surface area contributed by atoms with Gasteiger partial charge < -0.3 is 40.2 Å². The van der Waals surface area contributed by atoms with Crippen molar-refractivity contribution in [2.45, 2.75) is 46.1 Å². The number of nitrogens with one attached hydrogen (secondary N) is 2. The molecule has 0 unspecified atom stereocenters. The maximum absolute atomic E-state index is 10.1. The zero-order chi connectivity index (χ0) is 20.8. The molecule has 12 heteroatoms. The summed E-state index contributed by atoms with van der Waals surface area (Å²) >= 11 is 0. The Balaban J connectivity index is 3.39. The average molecular weight is 404 g/mol. The second kappa shape index (κ2) is 13.4. The van der Waals surface area contributed by atoms with Crippen molar-refractivity contribution in [1.29, 1.82) is 0 Å². The third-order valence-electron chi connectivity index (χ3n) is 3.28. The lowest BCUT2D eigenvalue weighted by molar-refractivity contribution is -0.382. The zero-order valence-corrected chi connectivity index (χ0v) is 16.7. The van der Waals surface area contributed by atoms with Gasteiger partial charge >= 0.3 is 6.10 Å². The van der Waals surface area contributed by atoms with E-state index in [1.807, 2.05) is 20.8 Å². The molecule has 1 heterocycles. The first-order valence-corrected chi connectivity index (χ1v) is 9.36. The van der Waals surface area contributed by atoms with Crippen molar-refractivity contribution in [2.24, 2.45) is 0 Å². The third-order valence-corrected chi connectivity index (χ3v) is 3.28. The van der Waals surface area contributed by atoms with Crippen LogP contribution in [0.2, 0.25) is 0 Å². The summed E-state index contributed by atoms with van der Waals surface area (Å²) in [4.78, 5) is 13.6. The quantitative estimate of drug-likeness (QED) is 0.240. The van der Waals surface area contributed by atoms with Crippen LogP contribution in [0.25, 0.3) is 0 Å². The Kier molecular flexibility index (Phi) is 11.6. The third kappa shape index (κ3) is 6.96. The molecule has 1 rings (SSSR count). The largest absolute Gasteiger partial charge is 0.381 e. The number of aliphatic hydroxyl groups excluding tert-OH is 3. The van der Waals surface area contributed by atoms with Crippen LogP contribution in [0.15, 0.2) is 0 Å². The predicted molar refractivity (Wildman–Crippen MR) is 102 cm³/mol. The number of hydrogen-bond acceptors (Lipinski definition) is 12. The summed E-state index contributed by atoms with van der Waals surface area (Å²) in [6.07, 6.45) is 0.332. The highest BCUT2D eigenvalue weighted by Crippen LogP contribution is 2.27. The van der Waals surface area contributed by atoms with Gasteiger partial charge in [0, 0.05) is 0 Å². The molecule has 1 aromatic rings. The highest BCUT2D eigenvalue weighted by Gasteiger charge is 2.43. The minimum absolute atomic E-state index is 0.0253. The molecule has 0 aliphatic heterocycles. The lowest BCUT2D eigenvalue weighted by Crippen LogP contribution is -2.57. The Morgan fingerprint density at radius 2 is 1.21 bits per heavy atom. The molecular weight excluding hydrogens is 372 g/mol. The van der Waals surface area contributed by atoms with Crippen molar-refractivity contribution in [2.75, 3.05) is 55.5 Å².